The molecule has 24 heavy (non-hydrogen) atoms. The van der Waals surface area contributed by atoms with Gasteiger partial charge in [0.2, 0.25) is 5.75 Å². The third-order valence-corrected chi connectivity index (χ3v) is 3.77. The summed E-state index contributed by atoms with van der Waals surface area (Å²) in [5.41, 5.74) is 8.09. The molecular formula is C18H17ClN2O3. The summed E-state index contributed by atoms with van der Waals surface area (Å²) in [5.74, 6) is 1.42. The highest BCUT2D eigenvalue weighted by molar-refractivity contribution is 6.33. The van der Waals surface area contributed by atoms with E-state index in [0.29, 0.717) is 39.1 Å². The number of nitriles is 1. The number of allylic oxidation sites excluding steroid dienone is 1. The van der Waals surface area contributed by atoms with Crippen molar-refractivity contribution in [3.63, 3.8) is 0 Å². The maximum absolute atomic E-state index is 9.53. The van der Waals surface area contributed by atoms with E-state index in [-0.39, 0.29) is 0 Å². The van der Waals surface area contributed by atoms with E-state index in [1.807, 2.05) is 0 Å². The van der Waals surface area contributed by atoms with Crippen LogP contribution in [0.2, 0.25) is 5.02 Å². The predicted octanol–water partition coefficient (Wildman–Crippen LogP) is 4.01. The average Bonchev–Trinajstić information content (AvgIpc) is 2.61. The van der Waals surface area contributed by atoms with Gasteiger partial charge >= 0.3 is 0 Å². The lowest BCUT2D eigenvalue weighted by molar-refractivity contribution is 0.324. The summed E-state index contributed by atoms with van der Waals surface area (Å²) in [6.45, 7) is 0. The van der Waals surface area contributed by atoms with Crippen LogP contribution in [0.4, 0.5) is 5.69 Å². The highest BCUT2D eigenvalue weighted by Crippen LogP contribution is 2.40. The van der Waals surface area contributed by atoms with Gasteiger partial charge in [-0.1, -0.05) is 17.7 Å². The van der Waals surface area contributed by atoms with Crippen molar-refractivity contribution in [3.8, 4) is 23.3 Å². The van der Waals surface area contributed by atoms with Gasteiger partial charge in [-0.2, -0.15) is 5.26 Å². The fourth-order valence-corrected chi connectivity index (χ4v) is 2.35. The minimum Gasteiger partial charge on any atom is -0.493 e. The van der Waals surface area contributed by atoms with Crippen molar-refractivity contribution in [1.29, 1.82) is 5.26 Å². The zero-order valence-electron chi connectivity index (χ0n) is 13.6. The topological polar surface area (TPSA) is 77.5 Å². The number of benzene rings is 2. The van der Waals surface area contributed by atoms with Crippen LogP contribution in [-0.4, -0.2) is 21.3 Å². The fourth-order valence-electron chi connectivity index (χ4n) is 2.24. The highest BCUT2D eigenvalue weighted by Gasteiger charge is 2.15. The first-order chi connectivity index (χ1) is 11.5. The Morgan fingerprint density at radius 3 is 2.17 bits per heavy atom. The van der Waals surface area contributed by atoms with E-state index in [4.69, 9.17) is 31.5 Å². The maximum Gasteiger partial charge on any atom is 0.203 e. The number of methoxy groups -OCH3 is 3. The lowest BCUT2D eigenvalue weighted by atomic mass is 10.0. The molecule has 0 amide bonds. The van der Waals surface area contributed by atoms with Crippen LogP contribution in [0.1, 0.15) is 11.1 Å². The summed E-state index contributed by atoms with van der Waals surface area (Å²) in [5, 5.41) is 10.0. The molecule has 0 saturated heterocycles. The molecule has 0 saturated carbocycles. The van der Waals surface area contributed by atoms with Crippen LogP contribution in [-0.2, 0) is 0 Å². The minimum absolute atomic E-state index is 0.427. The first-order valence-corrected chi connectivity index (χ1v) is 7.39. The Balaban J connectivity index is 2.56. The van der Waals surface area contributed by atoms with Crippen molar-refractivity contribution in [2.24, 2.45) is 0 Å². The van der Waals surface area contributed by atoms with E-state index >= 15 is 0 Å². The zero-order chi connectivity index (χ0) is 17.7. The second-order valence-electron chi connectivity index (χ2n) is 4.86. The van der Waals surface area contributed by atoms with Crippen molar-refractivity contribution >= 4 is 28.9 Å². The van der Waals surface area contributed by atoms with Crippen LogP contribution in [0, 0.1) is 11.3 Å². The molecule has 2 aromatic rings. The molecule has 5 nitrogen and oxygen atoms in total. The normalized spacial score (nSPS) is 10.9. The summed E-state index contributed by atoms with van der Waals surface area (Å²) >= 11 is 5.92. The number of nitrogens with two attached hydrogens (primary N) is 1. The second-order valence-corrected chi connectivity index (χ2v) is 5.27. The third-order valence-electron chi connectivity index (χ3n) is 3.43. The van der Waals surface area contributed by atoms with Gasteiger partial charge < -0.3 is 19.9 Å². The molecule has 2 N–H and O–H groups in total. The number of nitrogens with zero attached hydrogens (tertiary/aromatic N) is 1. The molecule has 0 aliphatic carbocycles. The van der Waals surface area contributed by atoms with Crippen molar-refractivity contribution < 1.29 is 14.2 Å². The number of hydrogen-bond acceptors (Lipinski definition) is 5. The Morgan fingerprint density at radius 1 is 1.08 bits per heavy atom. The number of halogens is 1. The van der Waals surface area contributed by atoms with Gasteiger partial charge in [-0.05, 0) is 41.5 Å². The molecule has 0 radical (unpaired) electrons. The van der Waals surface area contributed by atoms with Crippen LogP contribution in [0.3, 0.4) is 0 Å². The summed E-state index contributed by atoms with van der Waals surface area (Å²) in [4.78, 5) is 0. The van der Waals surface area contributed by atoms with Gasteiger partial charge in [-0.3, -0.25) is 0 Å². The summed E-state index contributed by atoms with van der Waals surface area (Å²) < 4.78 is 15.9. The van der Waals surface area contributed by atoms with E-state index in [1.165, 1.54) is 21.3 Å². The SMILES string of the molecule is COc1cc(/C(C#N)=C/c2ccc(Cl)c(N)c2)cc(OC)c1OC. The summed E-state index contributed by atoms with van der Waals surface area (Å²) in [6, 6.07) is 10.8. The molecule has 2 aromatic carbocycles. The van der Waals surface area contributed by atoms with Gasteiger partial charge in [0.1, 0.15) is 0 Å². The molecule has 0 atom stereocenters. The molecule has 6 heteroatoms. The molecule has 0 aromatic heterocycles. The van der Waals surface area contributed by atoms with E-state index in [1.54, 1.807) is 36.4 Å². The number of rotatable bonds is 5. The Labute approximate surface area is 145 Å². The predicted molar refractivity (Wildman–Crippen MR) is 95.4 cm³/mol. The summed E-state index contributed by atoms with van der Waals surface area (Å²) in [7, 11) is 4.57. The van der Waals surface area contributed by atoms with Crippen LogP contribution in [0.15, 0.2) is 30.3 Å². The van der Waals surface area contributed by atoms with Crippen molar-refractivity contribution in [1.82, 2.24) is 0 Å². The monoisotopic (exact) mass is 344 g/mol. The first-order valence-electron chi connectivity index (χ1n) is 7.01. The smallest absolute Gasteiger partial charge is 0.203 e. The number of nitrogen functional groups attached to an aromatic ring is 1. The zero-order valence-corrected chi connectivity index (χ0v) is 14.3. The second kappa shape index (κ2) is 7.62. The van der Waals surface area contributed by atoms with E-state index in [2.05, 4.69) is 6.07 Å². The van der Waals surface area contributed by atoms with Crippen LogP contribution in [0.25, 0.3) is 11.6 Å². The number of anilines is 1. The van der Waals surface area contributed by atoms with Crippen molar-refractivity contribution in [2.75, 3.05) is 27.1 Å². The molecule has 0 heterocycles. The van der Waals surface area contributed by atoms with Crippen LogP contribution in [0.5, 0.6) is 17.2 Å². The molecule has 2 rings (SSSR count). The highest BCUT2D eigenvalue weighted by atomic mass is 35.5. The standard InChI is InChI=1S/C18H17ClN2O3/c1-22-16-8-12(9-17(23-2)18(16)24-3)13(10-20)6-11-4-5-14(19)15(21)7-11/h4-9H,21H2,1-3H3/b13-6+. The van der Waals surface area contributed by atoms with Gasteiger partial charge in [0.15, 0.2) is 11.5 Å². The Kier molecular flexibility index (Phi) is 5.56. The molecule has 124 valence electrons. The molecule has 0 fully saturated rings. The van der Waals surface area contributed by atoms with Crippen molar-refractivity contribution in [2.45, 2.75) is 0 Å². The Morgan fingerprint density at radius 2 is 1.71 bits per heavy atom. The first kappa shape index (κ1) is 17.5. The van der Waals surface area contributed by atoms with Crippen LogP contribution >= 0.6 is 11.6 Å². The fraction of sp³-hybridized carbons (Fsp3) is 0.167. The quantitative estimate of drug-likeness (QED) is 0.503. The maximum atomic E-state index is 9.53. The van der Waals surface area contributed by atoms with E-state index in [0.717, 1.165) is 5.56 Å². The summed E-state index contributed by atoms with van der Waals surface area (Å²) in [6.07, 6.45) is 1.72. The molecular weight excluding hydrogens is 328 g/mol. The molecule has 0 bridgehead atoms. The lowest BCUT2D eigenvalue weighted by Gasteiger charge is -2.13. The van der Waals surface area contributed by atoms with Gasteiger partial charge in [-0.25, -0.2) is 0 Å². The molecule has 0 unspecified atom stereocenters. The van der Waals surface area contributed by atoms with Gasteiger partial charge in [0.05, 0.1) is 43.7 Å². The van der Waals surface area contributed by atoms with Crippen molar-refractivity contribution in [3.05, 3.63) is 46.5 Å². The number of ether oxygens (including phenoxy) is 3. The van der Waals surface area contributed by atoms with Gasteiger partial charge in [-0.15, -0.1) is 0 Å². The lowest BCUT2D eigenvalue weighted by Crippen LogP contribution is -1.96. The Bertz CT molecular complexity index is 800. The largest absolute Gasteiger partial charge is 0.493 e. The minimum atomic E-state index is 0.427. The number of hydrogen-bond donors (Lipinski definition) is 1. The molecule has 0 aliphatic rings. The van der Waals surface area contributed by atoms with E-state index in [9.17, 15) is 5.26 Å². The van der Waals surface area contributed by atoms with Crippen LogP contribution < -0.4 is 19.9 Å². The van der Waals surface area contributed by atoms with Gasteiger partial charge in [0.25, 0.3) is 0 Å². The van der Waals surface area contributed by atoms with E-state index < -0.39 is 0 Å². The third kappa shape index (κ3) is 3.55. The Hall–Kier alpha value is -2.84. The average molecular weight is 345 g/mol. The molecule has 0 spiro atoms. The van der Waals surface area contributed by atoms with Gasteiger partial charge in [0, 0.05) is 0 Å². The molecule has 0 aliphatic heterocycles.